The number of carbonyl (C=O) groups excluding carboxylic acids is 3. The number of benzene rings is 1. The fourth-order valence-corrected chi connectivity index (χ4v) is 3.45. The van der Waals surface area contributed by atoms with E-state index < -0.39 is 17.9 Å². The van der Waals surface area contributed by atoms with Gasteiger partial charge in [-0.25, -0.2) is 9.97 Å². The molecule has 0 saturated carbocycles. The van der Waals surface area contributed by atoms with Crippen molar-refractivity contribution in [3.63, 3.8) is 0 Å². The third-order valence-electron chi connectivity index (χ3n) is 5.71. The third-order valence-corrected chi connectivity index (χ3v) is 5.71. The Morgan fingerprint density at radius 2 is 1.82 bits per heavy atom. The molecular formula is C27H38N8O3. The summed E-state index contributed by atoms with van der Waals surface area (Å²) >= 11 is 0. The van der Waals surface area contributed by atoms with Crippen LogP contribution in [0.2, 0.25) is 0 Å². The Morgan fingerprint density at radius 1 is 1.11 bits per heavy atom. The standard InChI is InChI=1S/C27H38N8O3/c1-8-21-26(34(5)6)32-25(23(31-21)24(28)37)30-20-12-9-11-19(17-20)14-15-29-27(38)18(2)35(7)22(36)13-10-16-33(3)4/h9,11-12,17-18H,8,14-16H2,1-7H3,(H2,28,37)(H,29,38)(H,30,32). The lowest BCUT2D eigenvalue weighted by Crippen LogP contribution is -2.46. The summed E-state index contributed by atoms with van der Waals surface area (Å²) in [4.78, 5) is 50.9. The van der Waals surface area contributed by atoms with E-state index in [9.17, 15) is 14.4 Å². The molecule has 1 heterocycles. The number of amides is 3. The lowest BCUT2D eigenvalue weighted by molar-refractivity contribution is -0.134. The molecule has 0 bridgehead atoms. The van der Waals surface area contributed by atoms with Gasteiger partial charge in [0.1, 0.15) is 6.04 Å². The van der Waals surface area contributed by atoms with Gasteiger partial charge in [-0.05, 0) is 57.5 Å². The van der Waals surface area contributed by atoms with Crippen LogP contribution in [0.25, 0.3) is 0 Å². The molecule has 11 nitrogen and oxygen atoms in total. The number of nitrogens with two attached hydrogens (primary N) is 1. The fourth-order valence-electron chi connectivity index (χ4n) is 3.45. The van der Waals surface area contributed by atoms with Crippen molar-refractivity contribution in [3.05, 3.63) is 41.2 Å². The summed E-state index contributed by atoms with van der Waals surface area (Å²) < 4.78 is 0. The predicted octanol–water partition coefficient (Wildman–Crippen LogP) is 1.02. The molecule has 4 N–H and O–H groups in total. The monoisotopic (exact) mass is 522 g/mol. The Morgan fingerprint density at radius 3 is 2.42 bits per heavy atom. The quantitative estimate of drug-likeness (QED) is 0.372. The number of likely N-dealkylation sites (N-methyl/N-ethyl adjacent to an activating group) is 1. The first-order valence-corrected chi connectivity index (χ1v) is 12.4. The number of nitrogens with one attached hydrogen (secondary N) is 2. The fraction of sp³-hybridized carbons (Fsp3) is 0.444. The molecule has 1 atom stereocenters. The van der Waals surface area contributed by atoms with Crippen LogP contribution in [0.1, 0.15) is 35.6 Å². The Bertz CT molecular complexity index is 1220. The van der Waals surface area contributed by atoms with E-state index in [4.69, 9.17) is 5.73 Å². The topological polar surface area (TPSA) is 137 Å². The maximum Gasteiger partial charge on any atom is 0.298 e. The number of hydrogen-bond acceptors (Lipinski definition) is 8. The zero-order valence-electron chi connectivity index (χ0n) is 23.3. The minimum absolute atomic E-state index is 0.0733. The van der Waals surface area contributed by atoms with Gasteiger partial charge in [-0.2, -0.15) is 0 Å². The highest BCUT2D eigenvalue weighted by molar-refractivity contribution is 5.97. The summed E-state index contributed by atoms with van der Waals surface area (Å²) in [5.41, 5.74) is 7.98. The van der Waals surface area contributed by atoms with Gasteiger partial charge in [-0.15, -0.1) is 0 Å². The van der Waals surface area contributed by atoms with Gasteiger partial charge >= 0.3 is 0 Å². The number of carbonyl (C=O) groups is 3. The van der Waals surface area contributed by atoms with Crippen molar-refractivity contribution >= 4 is 35.0 Å². The smallest absolute Gasteiger partial charge is 0.298 e. The normalized spacial score (nSPS) is 11.3. The summed E-state index contributed by atoms with van der Waals surface area (Å²) in [6, 6.07) is 6.89. The molecule has 204 valence electrons. The van der Waals surface area contributed by atoms with E-state index in [0.717, 1.165) is 5.56 Å². The molecule has 0 spiro atoms. The minimum atomic E-state index is -0.667. The van der Waals surface area contributed by atoms with Gasteiger partial charge < -0.3 is 26.2 Å². The SMILES string of the molecule is CCc1nc(C(N)=O)c(Nc2cccc(CCNC(=O)C(C)N(C)C(=O)C#CCN(C)C)c2)nc1N(C)C. The van der Waals surface area contributed by atoms with Crippen LogP contribution in [0.3, 0.4) is 0 Å². The summed E-state index contributed by atoms with van der Waals surface area (Å²) in [6.45, 7) is 4.44. The average Bonchev–Trinajstić information content (AvgIpc) is 2.87. The number of hydrogen-bond donors (Lipinski definition) is 3. The second-order valence-corrected chi connectivity index (χ2v) is 9.30. The number of primary amides is 1. The molecule has 0 saturated heterocycles. The van der Waals surface area contributed by atoms with Crippen molar-refractivity contribution in [1.82, 2.24) is 25.1 Å². The molecule has 1 aromatic heterocycles. The molecule has 2 rings (SSSR count). The van der Waals surface area contributed by atoms with E-state index in [1.54, 1.807) is 14.0 Å². The zero-order chi connectivity index (χ0) is 28.4. The van der Waals surface area contributed by atoms with E-state index in [2.05, 4.69) is 32.4 Å². The van der Waals surface area contributed by atoms with Crippen LogP contribution in [0.4, 0.5) is 17.3 Å². The maximum absolute atomic E-state index is 12.6. The molecule has 0 fully saturated rings. The van der Waals surface area contributed by atoms with Gasteiger partial charge in [0.25, 0.3) is 11.8 Å². The van der Waals surface area contributed by atoms with E-state index in [0.29, 0.717) is 43.1 Å². The zero-order valence-corrected chi connectivity index (χ0v) is 23.3. The molecule has 0 aliphatic carbocycles. The van der Waals surface area contributed by atoms with Gasteiger partial charge in [0.15, 0.2) is 17.3 Å². The molecule has 0 radical (unpaired) electrons. The minimum Gasteiger partial charge on any atom is -0.364 e. The number of aryl methyl sites for hydroxylation is 1. The highest BCUT2D eigenvalue weighted by Crippen LogP contribution is 2.24. The van der Waals surface area contributed by atoms with Crippen LogP contribution in [0.15, 0.2) is 24.3 Å². The highest BCUT2D eigenvalue weighted by atomic mass is 16.2. The number of nitrogens with zero attached hydrogens (tertiary/aromatic N) is 5. The highest BCUT2D eigenvalue weighted by Gasteiger charge is 2.21. The largest absolute Gasteiger partial charge is 0.364 e. The predicted molar refractivity (Wildman–Crippen MR) is 149 cm³/mol. The van der Waals surface area contributed by atoms with Crippen LogP contribution < -0.4 is 21.3 Å². The van der Waals surface area contributed by atoms with Crippen molar-refractivity contribution < 1.29 is 14.4 Å². The number of rotatable bonds is 11. The first-order valence-electron chi connectivity index (χ1n) is 12.4. The van der Waals surface area contributed by atoms with E-state index >= 15 is 0 Å². The average molecular weight is 523 g/mol. The Balaban J connectivity index is 2.05. The summed E-state index contributed by atoms with van der Waals surface area (Å²) in [6.07, 6.45) is 1.16. The molecule has 0 aliphatic heterocycles. The molecule has 0 aliphatic rings. The first-order chi connectivity index (χ1) is 17.9. The molecule has 1 unspecified atom stereocenters. The second-order valence-electron chi connectivity index (χ2n) is 9.30. The Kier molecular flexibility index (Phi) is 11.0. The summed E-state index contributed by atoms with van der Waals surface area (Å²) in [5, 5.41) is 6.03. The summed E-state index contributed by atoms with van der Waals surface area (Å²) in [7, 11) is 9.01. The van der Waals surface area contributed by atoms with Gasteiger partial charge in [0, 0.05) is 33.4 Å². The summed E-state index contributed by atoms with van der Waals surface area (Å²) in [5.74, 6) is 4.92. The van der Waals surface area contributed by atoms with Gasteiger partial charge in [-0.3, -0.25) is 19.3 Å². The molecule has 3 amide bonds. The molecular weight excluding hydrogens is 484 g/mol. The van der Waals surface area contributed by atoms with Crippen molar-refractivity contribution in [2.45, 2.75) is 32.7 Å². The lowest BCUT2D eigenvalue weighted by atomic mass is 10.1. The maximum atomic E-state index is 12.6. The van der Waals surface area contributed by atoms with E-state index in [-0.39, 0.29) is 17.4 Å². The van der Waals surface area contributed by atoms with Gasteiger partial charge in [0.2, 0.25) is 5.91 Å². The van der Waals surface area contributed by atoms with E-state index in [1.165, 1.54) is 4.90 Å². The first kappa shape index (κ1) is 30.1. The molecule has 2 aromatic rings. The second kappa shape index (κ2) is 13.9. The van der Waals surface area contributed by atoms with Crippen LogP contribution >= 0.6 is 0 Å². The lowest BCUT2D eigenvalue weighted by Gasteiger charge is -2.22. The Hall–Kier alpha value is -4.17. The van der Waals surface area contributed by atoms with Crippen molar-refractivity contribution in [2.24, 2.45) is 5.73 Å². The third kappa shape index (κ3) is 8.45. The van der Waals surface area contributed by atoms with Gasteiger partial charge in [-0.1, -0.05) is 25.0 Å². The molecule has 11 heteroatoms. The van der Waals surface area contributed by atoms with Gasteiger partial charge in [0.05, 0.1) is 12.2 Å². The van der Waals surface area contributed by atoms with Crippen molar-refractivity contribution in [3.8, 4) is 11.8 Å². The van der Waals surface area contributed by atoms with Crippen LogP contribution in [0, 0.1) is 11.8 Å². The van der Waals surface area contributed by atoms with E-state index in [1.807, 2.05) is 69.2 Å². The van der Waals surface area contributed by atoms with Crippen LogP contribution in [-0.4, -0.2) is 91.9 Å². The molecule has 38 heavy (non-hydrogen) atoms. The molecule has 1 aromatic carbocycles. The number of anilines is 3. The van der Waals surface area contributed by atoms with Crippen molar-refractivity contribution in [2.75, 3.05) is 58.5 Å². The number of aromatic nitrogens is 2. The Labute approximate surface area is 224 Å². The van der Waals surface area contributed by atoms with Crippen molar-refractivity contribution in [1.29, 1.82) is 0 Å². The van der Waals surface area contributed by atoms with Crippen LogP contribution in [0.5, 0.6) is 0 Å². The van der Waals surface area contributed by atoms with Crippen LogP contribution in [-0.2, 0) is 22.4 Å².